The van der Waals surface area contributed by atoms with E-state index in [1.807, 2.05) is 7.05 Å². The molecule has 0 aromatic carbocycles. The van der Waals surface area contributed by atoms with Gasteiger partial charge in [-0.15, -0.1) is 0 Å². The van der Waals surface area contributed by atoms with Crippen molar-refractivity contribution in [2.75, 3.05) is 26.7 Å². The maximum absolute atomic E-state index is 11.6. The SMILES string of the molecule is CN1CCOC(Cn2nc(C(=O)O)ccc2=O)C1. The molecule has 0 saturated carbocycles. The van der Waals surface area contributed by atoms with Crippen LogP contribution in [0.15, 0.2) is 16.9 Å². The van der Waals surface area contributed by atoms with Crippen molar-refractivity contribution in [3.8, 4) is 0 Å². The molecule has 2 heterocycles. The van der Waals surface area contributed by atoms with Gasteiger partial charge in [0, 0.05) is 19.2 Å². The van der Waals surface area contributed by atoms with E-state index in [2.05, 4.69) is 10.00 Å². The van der Waals surface area contributed by atoms with Crippen molar-refractivity contribution in [2.45, 2.75) is 12.6 Å². The number of rotatable bonds is 3. The summed E-state index contributed by atoms with van der Waals surface area (Å²) in [7, 11) is 1.97. The van der Waals surface area contributed by atoms with E-state index in [9.17, 15) is 9.59 Å². The molecule has 0 spiro atoms. The number of likely N-dealkylation sites (N-methyl/N-ethyl adjacent to an activating group) is 1. The van der Waals surface area contributed by atoms with Crippen LogP contribution < -0.4 is 5.56 Å². The number of hydrogen-bond acceptors (Lipinski definition) is 5. The first kappa shape index (κ1) is 12.7. The van der Waals surface area contributed by atoms with Crippen LogP contribution in [0.25, 0.3) is 0 Å². The van der Waals surface area contributed by atoms with Gasteiger partial charge in [0.15, 0.2) is 5.69 Å². The largest absolute Gasteiger partial charge is 0.476 e. The molecule has 1 fully saturated rings. The second-order valence-corrected chi connectivity index (χ2v) is 4.30. The molecule has 1 aromatic heterocycles. The highest BCUT2D eigenvalue weighted by Gasteiger charge is 2.19. The van der Waals surface area contributed by atoms with Crippen LogP contribution in [-0.4, -0.2) is 58.6 Å². The lowest BCUT2D eigenvalue weighted by atomic mass is 10.3. The highest BCUT2D eigenvalue weighted by atomic mass is 16.5. The van der Waals surface area contributed by atoms with Crippen LogP contribution in [0.4, 0.5) is 0 Å². The van der Waals surface area contributed by atoms with Crippen molar-refractivity contribution in [3.63, 3.8) is 0 Å². The molecule has 0 amide bonds. The van der Waals surface area contributed by atoms with Crippen LogP contribution in [0.1, 0.15) is 10.5 Å². The van der Waals surface area contributed by atoms with E-state index in [0.29, 0.717) is 13.2 Å². The topological polar surface area (TPSA) is 84.7 Å². The van der Waals surface area contributed by atoms with Crippen molar-refractivity contribution >= 4 is 5.97 Å². The summed E-state index contributed by atoms with van der Waals surface area (Å²) >= 11 is 0. The molecule has 1 N–H and O–H groups in total. The maximum Gasteiger partial charge on any atom is 0.356 e. The summed E-state index contributed by atoms with van der Waals surface area (Å²) in [6.45, 7) is 2.43. The zero-order valence-corrected chi connectivity index (χ0v) is 10.1. The summed E-state index contributed by atoms with van der Waals surface area (Å²) in [4.78, 5) is 24.5. The second kappa shape index (κ2) is 5.28. The molecule has 0 radical (unpaired) electrons. The predicted molar refractivity (Wildman–Crippen MR) is 62.7 cm³/mol. The van der Waals surface area contributed by atoms with Crippen LogP contribution in [-0.2, 0) is 11.3 Å². The van der Waals surface area contributed by atoms with E-state index >= 15 is 0 Å². The van der Waals surface area contributed by atoms with Crippen molar-refractivity contribution in [1.29, 1.82) is 0 Å². The van der Waals surface area contributed by atoms with E-state index in [4.69, 9.17) is 9.84 Å². The van der Waals surface area contributed by atoms with E-state index in [1.54, 1.807) is 0 Å². The number of hydrogen-bond donors (Lipinski definition) is 1. The second-order valence-electron chi connectivity index (χ2n) is 4.30. The van der Waals surface area contributed by atoms with Crippen molar-refractivity contribution in [3.05, 3.63) is 28.2 Å². The highest BCUT2D eigenvalue weighted by Crippen LogP contribution is 2.04. The van der Waals surface area contributed by atoms with Gasteiger partial charge in [-0.2, -0.15) is 5.10 Å². The van der Waals surface area contributed by atoms with Crippen molar-refractivity contribution in [2.24, 2.45) is 0 Å². The average Bonchev–Trinajstić information content (AvgIpc) is 2.31. The minimum atomic E-state index is -1.15. The minimum Gasteiger partial charge on any atom is -0.476 e. The Morgan fingerprint density at radius 3 is 3.06 bits per heavy atom. The Balaban J connectivity index is 2.15. The Bertz CT molecular complexity index is 499. The van der Waals surface area contributed by atoms with Crippen LogP contribution in [0.3, 0.4) is 0 Å². The van der Waals surface area contributed by atoms with Gasteiger partial charge in [0.2, 0.25) is 0 Å². The van der Waals surface area contributed by atoms with Crippen LogP contribution in [0, 0.1) is 0 Å². The number of carbonyl (C=O) groups is 1. The Labute approximate surface area is 104 Å². The lowest BCUT2D eigenvalue weighted by Crippen LogP contribution is -2.43. The lowest BCUT2D eigenvalue weighted by Gasteiger charge is -2.29. The number of aromatic nitrogens is 2. The summed E-state index contributed by atoms with van der Waals surface area (Å²) < 4.78 is 6.66. The molecule has 1 aliphatic heterocycles. The number of ether oxygens (including phenoxy) is 1. The third-order valence-electron chi connectivity index (χ3n) is 2.80. The molecule has 1 aliphatic rings. The summed E-state index contributed by atoms with van der Waals surface area (Å²) in [5.74, 6) is -1.15. The Hall–Kier alpha value is -1.73. The average molecular weight is 253 g/mol. The van der Waals surface area contributed by atoms with Gasteiger partial charge in [0.1, 0.15) is 0 Å². The van der Waals surface area contributed by atoms with E-state index in [-0.39, 0.29) is 23.9 Å². The fourth-order valence-corrected chi connectivity index (χ4v) is 1.86. The standard InChI is InChI=1S/C11H15N3O4/c1-13-4-5-18-8(6-13)7-14-10(15)3-2-9(12-14)11(16)17/h2-3,8H,4-7H2,1H3,(H,16,17). The number of aromatic carboxylic acids is 1. The number of carboxylic acids is 1. The summed E-state index contributed by atoms with van der Waals surface area (Å²) in [6, 6.07) is 2.41. The number of carboxylic acid groups (broad SMARTS) is 1. The van der Waals surface area contributed by atoms with E-state index in [1.165, 1.54) is 12.1 Å². The molecule has 1 aromatic rings. The molecule has 0 bridgehead atoms. The normalized spacial score (nSPS) is 20.8. The highest BCUT2D eigenvalue weighted by molar-refractivity contribution is 5.84. The van der Waals surface area contributed by atoms with Gasteiger partial charge in [-0.3, -0.25) is 4.79 Å². The fourth-order valence-electron chi connectivity index (χ4n) is 1.86. The molecule has 1 unspecified atom stereocenters. The van der Waals surface area contributed by atoms with Crippen LogP contribution >= 0.6 is 0 Å². The molecule has 98 valence electrons. The van der Waals surface area contributed by atoms with Gasteiger partial charge in [-0.25, -0.2) is 9.48 Å². The first-order valence-electron chi connectivity index (χ1n) is 5.68. The summed E-state index contributed by atoms with van der Waals surface area (Å²) in [6.07, 6.45) is -0.141. The zero-order chi connectivity index (χ0) is 13.1. The Morgan fingerprint density at radius 2 is 2.39 bits per heavy atom. The summed E-state index contributed by atoms with van der Waals surface area (Å²) in [5, 5.41) is 12.6. The van der Waals surface area contributed by atoms with Gasteiger partial charge in [0.05, 0.1) is 19.3 Å². The van der Waals surface area contributed by atoms with Gasteiger partial charge in [-0.05, 0) is 13.1 Å². The monoisotopic (exact) mass is 253 g/mol. The lowest BCUT2D eigenvalue weighted by molar-refractivity contribution is -0.0298. The van der Waals surface area contributed by atoms with Crippen molar-refractivity contribution < 1.29 is 14.6 Å². The first-order chi connectivity index (χ1) is 8.56. The smallest absolute Gasteiger partial charge is 0.356 e. The third kappa shape index (κ3) is 2.93. The summed E-state index contributed by atoms with van der Waals surface area (Å²) in [5.41, 5.74) is -0.462. The zero-order valence-electron chi connectivity index (χ0n) is 10.1. The van der Waals surface area contributed by atoms with E-state index in [0.717, 1.165) is 11.2 Å². The number of morpholine rings is 1. The Kier molecular flexibility index (Phi) is 3.73. The van der Waals surface area contributed by atoms with Gasteiger partial charge in [0.25, 0.3) is 5.56 Å². The molecule has 7 nitrogen and oxygen atoms in total. The third-order valence-corrected chi connectivity index (χ3v) is 2.80. The molecule has 18 heavy (non-hydrogen) atoms. The molecule has 1 saturated heterocycles. The fraction of sp³-hybridized carbons (Fsp3) is 0.545. The molecule has 2 rings (SSSR count). The van der Waals surface area contributed by atoms with Gasteiger partial charge >= 0.3 is 5.97 Å². The molecular weight excluding hydrogens is 238 g/mol. The van der Waals surface area contributed by atoms with Gasteiger partial charge in [-0.1, -0.05) is 0 Å². The number of nitrogens with zero attached hydrogens (tertiary/aromatic N) is 3. The van der Waals surface area contributed by atoms with E-state index < -0.39 is 5.97 Å². The quantitative estimate of drug-likeness (QED) is 0.764. The predicted octanol–water partition coefficient (Wildman–Crippen LogP) is -0.728. The molecule has 1 atom stereocenters. The van der Waals surface area contributed by atoms with Crippen LogP contribution in [0.5, 0.6) is 0 Å². The minimum absolute atomic E-state index is 0.140. The molecule has 7 heteroatoms. The van der Waals surface area contributed by atoms with Crippen molar-refractivity contribution in [1.82, 2.24) is 14.7 Å². The van der Waals surface area contributed by atoms with Crippen LogP contribution in [0.2, 0.25) is 0 Å². The first-order valence-corrected chi connectivity index (χ1v) is 5.68. The molecular formula is C11H15N3O4. The van der Waals surface area contributed by atoms with Gasteiger partial charge < -0.3 is 14.7 Å². The molecule has 0 aliphatic carbocycles. The maximum atomic E-state index is 11.6. The Morgan fingerprint density at radius 1 is 1.61 bits per heavy atom.